The van der Waals surface area contributed by atoms with E-state index >= 15 is 19.2 Å². The quantitative estimate of drug-likeness (QED) is 0.0708. The van der Waals surface area contributed by atoms with Crippen LogP contribution in [-0.2, 0) is 62.0 Å². The summed E-state index contributed by atoms with van der Waals surface area (Å²) in [5.41, 5.74) is 13.3. The number of carbonyl (C=O) groups excluding carboxylic acids is 7. The Hall–Kier alpha value is -8.45. The SMILES string of the molecule is CNC(CC(C)C)C(=O)NC1C(=O)N[C@@H](CC(N)=O)C(=O)N[C@H]2C(=O)N[C@H]3C(=O)N[C@H](C(=O)N[C@H](C(=O)O)c4cc(O)cc(O)c4-c4cc3ccc4O)C(OC3CC(C)(N)C(O)[C@H](C)O3)c3ccc(c(Cl)c3)Oc3cc2cc(c3OC2O[C@H](CO)C(O)C(O)C2OC2CC(C)(N)C(O)[C@H](C)O2)Oc2ccc(cc2Cl)C1O.Cl.Cl.Cl. The lowest BCUT2D eigenvalue weighted by molar-refractivity contribution is -0.333. The number of likely N-dealkylation sites (N-methyl/N-ethyl adjacent to an activating group) is 1. The molecule has 3 saturated heterocycles. The number of aliphatic hydroxyl groups excluding tert-OH is 6. The Balaban J connectivity index is 0.00000542. The summed E-state index contributed by atoms with van der Waals surface area (Å²) in [5.74, 6) is -16.1. The van der Waals surface area contributed by atoms with Crippen molar-refractivity contribution in [3.05, 3.63) is 117 Å². The monoisotopic (exact) mass is 1700 g/mol. The van der Waals surface area contributed by atoms with Gasteiger partial charge in [-0.2, -0.15) is 0 Å². The number of carbonyl (C=O) groups is 8. The van der Waals surface area contributed by atoms with E-state index in [0.29, 0.717) is 0 Å². The van der Waals surface area contributed by atoms with Gasteiger partial charge in [0.2, 0.25) is 53.4 Å². The van der Waals surface area contributed by atoms with E-state index in [0.717, 1.165) is 48.5 Å². The third-order valence-corrected chi connectivity index (χ3v) is 20.7. The molecule has 8 aliphatic heterocycles. The molecule has 0 aliphatic carbocycles. The van der Waals surface area contributed by atoms with Gasteiger partial charge in [-0.25, -0.2) is 4.79 Å². The van der Waals surface area contributed by atoms with Gasteiger partial charge in [-0.15, -0.1) is 37.2 Å². The average Bonchev–Trinajstić information content (AvgIpc) is 0.582. The summed E-state index contributed by atoms with van der Waals surface area (Å²) in [4.78, 5) is 120. The molecular formula is C73H91Cl5N10O26. The number of benzene rings is 5. The molecule has 13 rings (SSSR count). The van der Waals surface area contributed by atoms with Gasteiger partial charge in [0.25, 0.3) is 0 Å². The van der Waals surface area contributed by atoms with Crippen LogP contribution < -0.4 is 68.6 Å². The summed E-state index contributed by atoms with van der Waals surface area (Å²) >= 11 is 14.5. The molecule has 7 amide bonds. The Kier molecular flexibility index (Phi) is 29.4. The van der Waals surface area contributed by atoms with Gasteiger partial charge in [-0.1, -0.05) is 55.2 Å². The van der Waals surface area contributed by atoms with Crippen LogP contribution in [0.3, 0.4) is 0 Å². The number of phenols is 3. The Morgan fingerprint density at radius 1 is 0.649 bits per heavy atom. The van der Waals surface area contributed by atoms with E-state index in [1.807, 2.05) is 13.8 Å². The molecule has 0 radical (unpaired) electrons. The summed E-state index contributed by atoms with van der Waals surface area (Å²) in [5, 5.41) is 131. The third-order valence-electron chi connectivity index (χ3n) is 20.1. The molecule has 8 heterocycles. The lowest BCUT2D eigenvalue weighted by Crippen LogP contribution is -2.64. The third kappa shape index (κ3) is 19.5. The van der Waals surface area contributed by atoms with E-state index < -0.39 is 261 Å². The van der Waals surface area contributed by atoms with E-state index in [1.165, 1.54) is 65.1 Å². The second kappa shape index (κ2) is 36.8. The molecule has 3 fully saturated rings. The number of aliphatic hydroxyl groups is 6. The average molecular weight is 1700 g/mol. The van der Waals surface area contributed by atoms with Crippen LogP contribution in [0.5, 0.6) is 46.0 Å². The number of nitrogens with two attached hydrogens (primary N) is 3. The summed E-state index contributed by atoms with van der Waals surface area (Å²) < 4.78 is 51.7. The van der Waals surface area contributed by atoms with Crippen LogP contribution in [0.1, 0.15) is 125 Å². The highest BCUT2D eigenvalue weighted by molar-refractivity contribution is 6.32. The van der Waals surface area contributed by atoms with E-state index in [2.05, 4.69) is 37.2 Å². The molecule has 36 nitrogen and oxygen atoms in total. The highest BCUT2D eigenvalue weighted by Crippen LogP contribution is 2.50. The molecule has 0 spiro atoms. The molecule has 114 heavy (non-hydrogen) atoms. The van der Waals surface area contributed by atoms with Crippen molar-refractivity contribution in [3.63, 3.8) is 0 Å². The molecular weight excluding hydrogens is 1610 g/mol. The zero-order chi connectivity index (χ0) is 80.9. The van der Waals surface area contributed by atoms with E-state index in [9.17, 15) is 70.2 Å². The first-order chi connectivity index (χ1) is 52.3. The van der Waals surface area contributed by atoms with Crippen molar-refractivity contribution in [2.45, 2.75) is 201 Å². The highest BCUT2D eigenvalue weighted by atomic mass is 35.5. The Labute approximate surface area is 679 Å². The number of carboxylic acids is 1. The van der Waals surface area contributed by atoms with Gasteiger partial charge in [0, 0.05) is 46.7 Å². The van der Waals surface area contributed by atoms with Gasteiger partial charge in [0.05, 0.1) is 53.5 Å². The lowest BCUT2D eigenvalue weighted by Gasteiger charge is -2.47. The van der Waals surface area contributed by atoms with Gasteiger partial charge in [0.15, 0.2) is 36.2 Å². The van der Waals surface area contributed by atoms with Crippen LogP contribution in [0, 0.1) is 5.92 Å². The van der Waals surface area contributed by atoms with Gasteiger partial charge >= 0.3 is 5.97 Å². The molecule has 5 aromatic carbocycles. The first kappa shape index (κ1) is 91.1. The number of aromatic hydroxyl groups is 3. The fourth-order valence-electron chi connectivity index (χ4n) is 14.3. The van der Waals surface area contributed by atoms with Gasteiger partial charge < -0.3 is 143 Å². The van der Waals surface area contributed by atoms with Gasteiger partial charge in [-0.3, -0.25) is 33.6 Å². The maximum absolute atomic E-state index is 16.4. The summed E-state index contributed by atoms with van der Waals surface area (Å²) in [6.07, 6.45) is -22.8. The number of carboxylic acid groups (broad SMARTS) is 1. The predicted octanol–water partition coefficient (Wildman–Crippen LogP) is 1.61. The molecule has 22 atom stereocenters. The van der Waals surface area contributed by atoms with Crippen molar-refractivity contribution in [1.82, 2.24) is 37.2 Å². The number of amides is 7. The van der Waals surface area contributed by atoms with Crippen molar-refractivity contribution in [2.24, 2.45) is 23.1 Å². The number of phenolic OH excluding ortho intramolecular Hbond substituents is 3. The maximum atomic E-state index is 16.4. The molecule has 0 aromatic heterocycles. The topological polar surface area (TPSA) is 575 Å². The van der Waals surface area contributed by atoms with Crippen molar-refractivity contribution >= 4 is 108 Å². The predicted molar refractivity (Wildman–Crippen MR) is 407 cm³/mol. The number of hydrogen-bond acceptors (Lipinski definition) is 28. The number of ether oxygens (including phenoxy) is 8. The molecule has 14 unspecified atom stereocenters. The minimum absolute atomic E-state index is 0. The van der Waals surface area contributed by atoms with Gasteiger partial charge in [0.1, 0.15) is 89.5 Å². The molecule has 5 aromatic rings. The van der Waals surface area contributed by atoms with Crippen LogP contribution in [0.2, 0.25) is 10.0 Å². The lowest BCUT2D eigenvalue weighted by atomic mass is 9.86. The molecule has 8 aliphatic rings. The molecule has 624 valence electrons. The number of hydrogen-bond donors (Lipinski definition) is 20. The number of halogens is 5. The first-order valence-corrected chi connectivity index (χ1v) is 36.1. The Morgan fingerprint density at radius 2 is 1.20 bits per heavy atom. The first-order valence-electron chi connectivity index (χ1n) is 35.3. The smallest absolute Gasteiger partial charge is 0.330 e. The number of fused-ring (bicyclic) bond motifs is 15. The summed E-state index contributed by atoms with van der Waals surface area (Å²) in [6, 6.07) is -0.452. The normalized spacial score (nSPS) is 31.2. The highest BCUT2D eigenvalue weighted by Gasteiger charge is 2.52. The van der Waals surface area contributed by atoms with Crippen molar-refractivity contribution < 1.29 is 127 Å². The number of nitrogens with one attached hydrogen (secondary N) is 7. The van der Waals surface area contributed by atoms with Crippen molar-refractivity contribution in [2.75, 3.05) is 13.7 Å². The molecule has 41 heteroatoms. The van der Waals surface area contributed by atoms with E-state index in [4.69, 9.17) is 78.3 Å². The second-order valence-electron chi connectivity index (χ2n) is 29.3. The van der Waals surface area contributed by atoms with E-state index in [1.54, 1.807) is 0 Å². The van der Waals surface area contributed by atoms with Crippen LogP contribution in [0.15, 0.2) is 78.9 Å². The van der Waals surface area contributed by atoms with Crippen LogP contribution in [-0.4, -0.2) is 215 Å². The molecule has 0 saturated carbocycles. The minimum atomic E-state index is -2.38. The van der Waals surface area contributed by atoms with Crippen molar-refractivity contribution in [1.29, 1.82) is 0 Å². The molecule has 23 N–H and O–H groups in total. The van der Waals surface area contributed by atoms with Gasteiger partial charge in [-0.05, 0) is 124 Å². The Bertz CT molecular complexity index is 4440. The van der Waals surface area contributed by atoms with Crippen molar-refractivity contribution in [3.8, 4) is 57.1 Å². The number of primary amides is 1. The standard InChI is InChI=1S/C73H88Cl2N10O26.3ClH/c1-26(2)14-38(79-7)64(96)84-54-56(91)30-9-12-42(36(74)16-30)106-44-18-32-19-45(60(44)111-71-61(58(93)57(92)46(25-86)108-71)110-49-24-73(6,78)63(95)28(4)105-49)107-43-13-10-31(17-37(43)75)59(109-48-23-72(5,77)62(94)27(3)104-48)55-69(101)83-53(70(102)103)35-20-33(87)21-41(89)50(35)34-15-29(8-11-40(34)88)51(66(98)85-55)82-67(99)52(32)81-65(97)39(22-47(76)90)80-68(54)100;;;/h8-13,15-21,26-28,38-39,46,48-49,51-59,61-63,71,79,86-89,91-95H,14,22-25,77-78H2,1-7H3,(H2,76,90)(H,80,100)(H,81,97)(H,82,99)(H,83,101)(H,84,96)(H,85,98)(H,102,103);3*1H/t27-,28-,38?,39-,46+,48?,49?,51+,52+,53-,54?,55-,56?,57?,58?,59?,61?,62?,63?,71?,72?,73?;;;/m0.../s1. The fourth-order valence-corrected chi connectivity index (χ4v) is 14.7. The zero-order valence-corrected chi connectivity index (χ0v) is 65.8. The van der Waals surface area contributed by atoms with E-state index in [-0.39, 0.29) is 89.9 Å². The Morgan fingerprint density at radius 3 is 1.75 bits per heavy atom. The van der Waals surface area contributed by atoms with Crippen LogP contribution in [0.4, 0.5) is 0 Å². The number of aliphatic carboxylic acids is 1. The maximum Gasteiger partial charge on any atom is 0.330 e. The zero-order valence-electron chi connectivity index (χ0n) is 61.9. The van der Waals surface area contributed by atoms with Crippen LogP contribution in [0.25, 0.3) is 11.1 Å². The molecule has 11 bridgehead atoms. The fraction of sp³-hybridized carbons (Fsp3) is 0.479. The summed E-state index contributed by atoms with van der Waals surface area (Å²) in [7, 11) is 1.47. The second-order valence-corrected chi connectivity index (χ2v) is 30.1. The minimum Gasteiger partial charge on any atom is -0.508 e. The summed E-state index contributed by atoms with van der Waals surface area (Å²) in [6.45, 7) is 8.58. The van der Waals surface area contributed by atoms with Crippen LogP contribution >= 0.6 is 60.4 Å². The number of rotatable bonds is 15. The largest absolute Gasteiger partial charge is 0.508 e.